The van der Waals surface area contributed by atoms with Gasteiger partial charge in [0.05, 0.1) is 28.5 Å². The molecule has 250 valence electrons. The number of rotatable bonds is 10. The molecule has 2 heterocycles. The molecule has 0 spiro atoms. The molecule has 0 bridgehead atoms. The van der Waals surface area contributed by atoms with Crippen LogP contribution < -0.4 is 20.1 Å². The number of hydrogen-bond acceptors (Lipinski definition) is 7. The van der Waals surface area contributed by atoms with Crippen LogP contribution in [0.25, 0.3) is 11.1 Å². The highest BCUT2D eigenvalue weighted by atomic mass is 35.5. The highest BCUT2D eigenvalue weighted by molar-refractivity contribution is 6.36. The fourth-order valence-corrected chi connectivity index (χ4v) is 7.38. The molecule has 12 heteroatoms. The summed E-state index contributed by atoms with van der Waals surface area (Å²) in [5.74, 6) is 0.275. The fraction of sp³-hybridized carbons (Fsp3) is 0.361. The van der Waals surface area contributed by atoms with E-state index < -0.39 is 11.5 Å². The number of methoxy groups -OCH3 is 1. The molecule has 0 unspecified atom stereocenters. The number of halogens is 2. The molecule has 7 rings (SSSR count). The third-order valence-electron chi connectivity index (χ3n) is 9.78. The van der Waals surface area contributed by atoms with Gasteiger partial charge in [-0.15, -0.1) is 0 Å². The van der Waals surface area contributed by atoms with Crippen LogP contribution in [0.15, 0.2) is 48.5 Å². The zero-order chi connectivity index (χ0) is 33.7. The molecule has 1 amide bonds. The predicted molar refractivity (Wildman–Crippen MR) is 184 cm³/mol. The lowest BCUT2D eigenvalue weighted by atomic mass is 9.96. The van der Waals surface area contributed by atoms with E-state index in [1.807, 2.05) is 35.9 Å². The van der Waals surface area contributed by atoms with Crippen molar-refractivity contribution in [3.05, 3.63) is 92.5 Å². The smallest absolute Gasteiger partial charge is 0.323 e. The third kappa shape index (κ3) is 5.91. The number of hydrogen-bond donors (Lipinski definition) is 3. The summed E-state index contributed by atoms with van der Waals surface area (Å²) in [6, 6.07) is 15.3. The van der Waals surface area contributed by atoms with E-state index in [0.29, 0.717) is 59.0 Å². The Balaban J connectivity index is 1.10. The van der Waals surface area contributed by atoms with E-state index in [9.17, 15) is 14.7 Å². The molecule has 1 aromatic heterocycles. The fourth-order valence-electron chi connectivity index (χ4n) is 6.87. The topological polar surface area (TPSA) is 118 Å². The van der Waals surface area contributed by atoms with Gasteiger partial charge in [-0.1, -0.05) is 53.5 Å². The van der Waals surface area contributed by atoms with Crippen molar-refractivity contribution >= 4 is 40.8 Å². The maximum atomic E-state index is 13.4. The van der Waals surface area contributed by atoms with Crippen LogP contribution >= 0.6 is 23.2 Å². The number of benzene rings is 3. The zero-order valence-corrected chi connectivity index (χ0v) is 28.5. The summed E-state index contributed by atoms with van der Waals surface area (Å²) in [6.07, 6.45) is 3.30. The molecule has 4 aromatic rings. The van der Waals surface area contributed by atoms with Gasteiger partial charge in [-0.25, -0.2) is 4.98 Å². The number of anilines is 1. The van der Waals surface area contributed by atoms with E-state index in [4.69, 9.17) is 32.7 Å². The minimum absolute atomic E-state index is 0.247. The number of likely N-dealkylation sites (N-methyl/N-ethyl adjacent to an activating group) is 1. The number of carboxylic acids is 1. The lowest BCUT2D eigenvalue weighted by Crippen LogP contribution is -2.38. The molecule has 1 saturated carbocycles. The van der Waals surface area contributed by atoms with Crippen molar-refractivity contribution in [2.24, 2.45) is 7.05 Å². The van der Waals surface area contributed by atoms with Crippen LogP contribution in [-0.2, 0) is 37.8 Å². The first kappa shape index (κ1) is 32.5. The number of imidazole rings is 1. The highest BCUT2D eigenvalue weighted by Crippen LogP contribution is 2.45. The molecule has 3 N–H and O–H groups in total. The van der Waals surface area contributed by atoms with Crippen LogP contribution in [0.3, 0.4) is 0 Å². The normalized spacial score (nSPS) is 17.8. The monoisotopic (exact) mass is 689 g/mol. The molecule has 0 radical (unpaired) electrons. The number of carbonyl (C=O) groups excluding carboxylic acids is 1. The molecular weight excluding hydrogens is 653 g/mol. The van der Waals surface area contributed by atoms with E-state index in [-0.39, 0.29) is 12.0 Å². The zero-order valence-electron chi connectivity index (χ0n) is 27.0. The summed E-state index contributed by atoms with van der Waals surface area (Å²) >= 11 is 13.7. The largest absolute Gasteiger partial charge is 0.496 e. The number of nitrogens with one attached hydrogen (secondary N) is 2. The van der Waals surface area contributed by atoms with Gasteiger partial charge in [0.25, 0.3) is 5.91 Å². The average molecular weight is 691 g/mol. The molecule has 0 saturated heterocycles. The second kappa shape index (κ2) is 12.7. The first-order chi connectivity index (χ1) is 23.1. The van der Waals surface area contributed by atoms with Crippen molar-refractivity contribution in [1.82, 2.24) is 19.8 Å². The van der Waals surface area contributed by atoms with Crippen LogP contribution in [0.5, 0.6) is 11.5 Å². The van der Waals surface area contributed by atoms with Crippen molar-refractivity contribution in [3.63, 3.8) is 0 Å². The van der Waals surface area contributed by atoms with Crippen molar-refractivity contribution in [3.8, 4) is 22.6 Å². The summed E-state index contributed by atoms with van der Waals surface area (Å²) in [7, 11) is 5.51. The van der Waals surface area contributed by atoms with Crippen LogP contribution in [0.2, 0.25) is 10.0 Å². The standard InChI is InChI=1S/C36H37Cl2N5O5/c1-42-15-12-28-27(19-42)40-33(43(28)2)34(44)41-26-9-5-8-24(32(26)38)21-6-4-7-23-22(21)10-11-29(23)48-31-17-30(47-3)20(16-25(31)37)18-39-36(13-14-36)35(45)46/h4-9,16-17,29,39H,10-15,18-19H2,1-3H3,(H,41,44)(H,45,46)/t29-/m0/s1. The van der Waals surface area contributed by atoms with Gasteiger partial charge in [-0.2, -0.15) is 0 Å². The first-order valence-electron chi connectivity index (χ1n) is 16.0. The SMILES string of the molecule is COc1cc(O[C@H]2CCc3c(-c4cccc(NC(=O)c5nc6c(n5C)CCN(C)C6)c4Cl)cccc32)c(Cl)cc1CNC1(C(=O)O)CC1. The van der Waals surface area contributed by atoms with Crippen molar-refractivity contribution in [2.75, 3.05) is 26.0 Å². The molecule has 3 aromatic carbocycles. The highest BCUT2D eigenvalue weighted by Gasteiger charge is 2.50. The van der Waals surface area contributed by atoms with Crippen molar-refractivity contribution < 1.29 is 24.2 Å². The molecular formula is C36H37Cl2N5O5. The Bertz CT molecular complexity index is 1940. The minimum Gasteiger partial charge on any atom is -0.496 e. The third-order valence-corrected chi connectivity index (χ3v) is 10.5. The van der Waals surface area contributed by atoms with Gasteiger partial charge in [0.2, 0.25) is 0 Å². The molecule has 1 aliphatic heterocycles. The number of amides is 1. The number of aromatic nitrogens is 2. The number of carboxylic acid groups (broad SMARTS) is 1. The molecule has 3 aliphatic rings. The van der Waals surface area contributed by atoms with Gasteiger partial charge in [-0.3, -0.25) is 14.9 Å². The van der Waals surface area contributed by atoms with Crippen molar-refractivity contribution in [1.29, 1.82) is 0 Å². The average Bonchev–Trinajstić information content (AvgIpc) is 3.66. The first-order valence-corrected chi connectivity index (χ1v) is 16.8. The Hall–Kier alpha value is -4.09. The van der Waals surface area contributed by atoms with E-state index in [1.165, 1.54) is 0 Å². The summed E-state index contributed by atoms with van der Waals surface area (Å²) < 4.78 is 14.0. The van der Waals surface area contributed by atoms with E-state index in [1.54, 1.807) is 25.3 Å². The van der Waals surface area contributed by atoms with E-state index in [0.717, 1.165) is 65.0 Å². The molecule has 1 atom stereocenters. The predicted octanol–water partition coefficient (Wildman–Crippen LogP) is 6.42. The van der Waals surface area contributed by atoms with Gasteiger partial charge < -0.3 is 29.4 Å². The Morgan fingerprint density at radius 3 is 2.58 bits per heavy atom. The van der Waals surface area contributed by atoms with Crippen LogP contribution in [0.4, 0.5) is 5.69 Å². The van der Waals surface area contributed by atoms with Gasteiger partial charge in [0.1, 0.15) is 23.1 Å². The molecule has 10 nitrogen and oxygen atoms in total. The lowest BCUT2D eigenvalue weighted by molar-refractivity contribution is -0.140. The number of carbonyl (C=O) groups is 2. The van der Waals surface area contributed by atoms with Gasteiger partial charge in [0, 0.05) is 56.0 Å². The summed E-state index contributed by atoms with van der Waals surface area (Å²) in [5, 5.41) is 16.5. The molecule has 1 fully saturated rings. The quantitative estimate of drug-likeness (QED) is 0.175. The van der Waals surface area contributed by atoms with Gasteiger partial charge >= 0.3 is 5.97 Å². The minimum atomic E-state index is -0.873. The van der Waals surface area contributed by atoms with Gasteiger partial charge in [-0.05, 0) is 61.6 Å². The second-order valence-electron chi connectivity index (χ2n) is 12.9. The Morgan fingerprint density at radius 2 is 1.83 bits per heavy atom. The number of nitrogens with zero attached hydrogens (tertiary/aromatic N) is 3. The number of fused-ring (bicyclic) bond motifs is 2. The molecule has 48 heavy (non-hydrogen) atoms. The second-order valence-corrected chi connectivity index (χ2v) is 13.6. The lowest BCUT2D eigenvalue weighted by Gasteiger charge is -2.21. The maximum Gasteiger partial charge on any atom is 0.323 e. The van der Waals surface area contributed by atoms with E-state index in [2.05, 4.69) is 33.6 Å². The Kier molecular flexibility index (Phi) is 8.62. The summed E-state index contributed by atoms with van der Waals surface area (Å²) in [6.45, 7) is 1.96. The van der Waals surface area contributed by atoms with Crippen LogP contribution in [-0.4, -0.2) is 57.7 Å². The maximum absolute atomic E-state index is 13.4. The Morgan fingerprint density at radius 1 is 1.06 bits per heavy atom. The summed E-state index contributed by atoms with van der Waals surface area (Å²) in [4.78, 5) is 31.9. The summed E-state index contributed by atoms with van der Waals surface area (Å²) in [5.41, 5.74) is 6.39. The van der Waals surface area contributed by atoms with E-state index >= 15 is 0 Å². The number of ether oxygens (including phenoxy) is 2. The number of aliphatic carboxylic acids is 1. The Labute approximate surface area is 289 Å². The van der Waals surface area contributed by atoms with Crippen LogP contribution in [0, 0.1) is 0 Å². The molecule has 2 aliphatic carbocycles. The van der Waals surface area contributed by atoms with Gasteiger partial charge in [0.15, 0.2) is 5.82 Å². The van der Waals surface area contributed by atoms with Crippen molar-refractivity contribution in [2.45, 2.75) is 56.8 Å². The van der Waals surface area contributed by atoms with Crippen LogP contribution in [0.1, 0.15) is 64.1 Å².